The number of nitrogens with zero attached hydrogens (tertiary/aromatic N) is 1. The van der Waals surface area contributed by atoms with Crippen molar-refractivity contribution in [3.05, 3.63) is 76.6 Å². The number of ether oxygens (including phenoxy) is 1. The first kappa shape index (κ1) is 20.5. The van der Waals surface area contributed by atoms with E-state index in [0.29, 0.717) is 28.4 Å². The van der Waals surface area contributed by atoms with Crippen molar-refractivity contribution in [3.8, 4) is 11.4 Å². The summed E-state index contributed by atoms with van der Waals surface area (Å²) in [6, 6.07) is 12.3. The SMILES string of the molecule is COc1cccc(C)c1NC(=O)c1cc(C)n(-c2ccccc2C(F)(F)F)c1C. The van der Waals surface area contributed by atoms with E-state index in [9.17, 15) is 18.0 Å². The Morgan fingerprint density at radius 1 is 1.03 bits per heavy atom. The molecule has 0 atom stereocenters. The van der Waals surface area contributed by atoms with Gasteiger partial charge >= 0.3 is 6.18 Å². The van der Waals surface area contributed by atoms with E-state index < -0.39 is 17.6 Å². The summed E-state index contributed by atoms with van der Waals surface area (Å²) in [5.74, 6) is 0.0935. The van der Waals surface area contributed by atoms with Gasteiger partial charge in [0.15, 0.2) is 0 Å². The Morgan fingerprint density at radius 3 is 2.38 bits per heavy atom. The predicted molar refractivity (Wildman–Crippen MR) is 106 cm³/mol. The molecule has 3 rings (SSSR count). The highest BCUT2D eigenvalue weighted by Gasteiger charge is 2.34. The lowest BCUT2D eigenvalue weighted by Gasteiger charge is -2.17. The summed E-state index contributed by atoms with van der Waals surface area (Å²) in [5, 5.41) is 2.82. The number of anilines is 1. The van der Waals surface area contributed by atoms with E-state index in [1.54, 1.807) is 32.0 Å². The number of methoxy groups -OCH3 is 1. The van der Waals surface area contributed by atoms with Gasteiger partial charge in [0.2, 0.25) is 0 Å². The molecule has 0 spiro atoms. The van der Waals surface area contributed by atoms with Gasteiger partial charge in [0.1, 0.15) is 5.75 Å². The Balaban J connectivity index is 2.05. The molecule has 1 aromatic heterocycles. The van der Waals surface area contributed by atoms with Crippen LogP contribution in [-0.2, 0) is 6.18 Å². The van der Waals surface area contributed by atoms with E-state index in [1.807, 2.05) is 19.1 Å². The zero-order valence-electron chi connectivity index (χ0n) is 16.5. The number of benzene rings is 2. The molecule has 1 amide bonds. The zero-order chi connectivity index (χ0) is 21.3. The molecule has 0 aliphatic rings. The third-order valence-electron chi connectivity index (χ3n) is 4.82. The second-order valence-corrected chi connectivity index (χ2v) is 6.74. The minimum absolute atomic E-state index is 0.0116. The van der Waals surface area contributed by atoms with E-state index in [0.717, 1.165) is 11.6 Å². The fraction of sp³-hybridized carbons (Fsp3) is 0.227. The van der Waals surface area contributed by atoms with Crippen LogP contribution in [0.1, 0.15) is 32.9 Å². The van der Waals surface area contributed by atoms with Crippen LogP contribution < -0.4 is 10.1 Å². The van der Waals surface area contributed by atoms with Crippen molar-refractivity contribution in [2.75, 3.05) is 12.4 Å². The van der Waals surface area contributed by atoms with Gasteiger partial charge in [-0.3, -0.25) is 4.79 Å². The fourth-order valence-corrected chi connectivity index (χ4v) is 3.42. The number of carbonyl (C=O) groups is 1. The summed E-state index contributed by atoms with van der Waals surface area (Å²) < 4.78 is 47.2. The molecule has 0 saturated heterocycles. The largest absolute Gasteiger partial charge is 0.495 e. The number of aromatic nitrogens is 1. The fourth-order valence-electron chi connectivity index (χ4n) is 3.42. The van der Waals surface area contributed by atoms with Crippen LogP contribution in [0.3, 0.4) is 0 Å². The number of rotatable bonds is 4. The van der Waals surface area contributed by atoms with Crippen molar-refractivity contribution in [1.82, 2.24) is 4.57 Å². The van der Waals surface area contributed by atoms with E-state index in [-0.39, 0.29) is 5.69 Å². The zero-order valence-corrected chi connectivity index (χ0v) is 16.5. The van der Waals surface area contributed by atoms with Gasteiger partial charge in [0.05, 0.1) is 29.6 Å². The molecule has 3 aromatic rings. The second kappa shape index (κ2) is 7.66. The lowest BCUT2D eigenvalue weighted by molar-refractivity contribution is -0.137. The molecule has 2 aromatic carbocycles. The highest BCUT2D eigenvalue weighted by Crippen LogP contribution is 2.36. The standard InChI is InChI=1S/C22H21F3N2O2/c1-13-8-7-11-19(29-4)20(13)26-21(28)16-12-14(2)27(15(16)3)18-10-6-5-9-17(18)22(23,24)25/h5-12H,1-4H3,(H,26,28). The van der Waals surface area contributed by atoms with E-state index in [1.165, 1.54) is 23.8 Å². The van der Waals surface area contributed by atoms with Crippen LogP contribution in [0.15, 0.2) is 48.5 Å². The quantitative estimate of drug-likeness (QED) is 0.610. The molecule has 7 heteroatoms. The maximum atomic E-state index is 13.5. The topological polar surface area (TPSA) is 43.3 Å². The number of nitrogens with one attached hydrogen (secondary N) is 1. The van der Waals surface area contributed by atoms with Gasteiger partial charge in [0, 0.05) is 11.4 Å². The number of hydrogen-bond acceptors (Lipinski definition) is 2. The van der Waals surface area contributed by atoms with Crippen molar-refractivity contribution < 1.29 is 22.7 Å². The monoisotopic (exact) mass is 402 g/mol. The molecular weight excluding hydrogens is 381 g/mol. The molecule has 152 valence electrons. The highest BCUT2D eigenvalue weighted by atomic mass is 19.4. The average molecular weight is 402 g/mol. The van der Waals surface area contributed by atoms with Crippen LogP contribution in [0, 0.1) is 20.8 Å². The van der Waals surface area contributed by atoms with E-state index in [2.05, 4.69) is 5.32 Å². The number of alkyl halides is 3. The molecule has 0 bridgehead atoms. The van der Waals surface area contributed by atoms with Crippen molar-refractivity contribution in [1.29, 1.82) is 0 Å². The first-order valence-electron chi connectivity index (χ1n) is 8.95. The molecule has 29 heavy (non-hydrogen) atoms. The predicted octanol–water partition coefficient (Wildman–Crippen LogP) is 5.68. The maximum Gasteiger partial charge on any atom is 0.418 e. The summed E-state index contributed by atoms with van der Waals surface area (Å²) in [7, 11) is 1.50. The van der Waals surface area contributed by atoms with Gasteiger partial charge in [0.25, 0.3) is 5.91 Å². The Morgan fingerprint density at radius 2 is 1.72 bits per heavy atom. The van der Waals surface area contributed by atoms with Crippen molar-refractivity contribution in [2.45, 2.75) is 26.9 Å². The molecule has 0 unspecified atom stereocenters. The minimum Gasteiger partial charge on any atom is -0.495 e. The molecule has 0 aliphatic heterocycles. The van der Waals surface area contributed by atoms with Crippen LogP contribution in [0.4, 0.5) is 18.9 Å². The molecular formula is C22H21F3N2O2. The first-order chi connectivity index (χ1) is 13.6. The summed E-state index contributed by atoms with van der Waals surface area (Å²) in [6.07, 6.45) is -4.50. The van der Waals surface area contributed by atoms with Gasteiger partial charge in [-0.2, -0.15) is 13.2 Å². The number of carbonyl (C=O) groups excluding carboxylic acids is 1. The van der Waals surface area contributed by atoms with Crippen LogP contribution in [0.5, 0.6) is 5.75 Å². The minimum atomic E-state index is -4.50. The Bertz CT molecular complexity index is 1070. The molecule has 0 saturated carbocycles. The smallest absolute Gasteiger partial charge is 0.418 e. The number of halogens is 3. The number of para-hydroxylation sites is 2. The molecule has 1 heterocycles. The number of hydrogen-bond donors (Lipinski definition) is 1. The summed E-state index contributed by atoms with van der Waals surface area (Å²) >= 11 is 0. The van der Waals surface area contributed by atoms with Gasteiger partial charge in [-0.25, -0.2) is 0 Å². The normalized spacial score (nSPS) is 11.4. The molecule has 0 fully saturated rings. The Hall–Kier alpha value is -3.22. The first-order valence-corrected chi connectivity index (χ1v) is 8.95. The summed E-state index contributed by atoms with van der Waals surface area (Å²) in [6.45, 7) is 5.14. The number of aryl methyl sites for hydroxylation is 2. The van der Waals surface area contributed by atoms with Crippen LogP contribution in [0.2, 0.25) is 0 Å². The third-order valence-corrected chi connectivity index (χ3v) is 4.82. The molecule has 4 nitrogen and oxygen atoms in total. The van der Waals surface area contributed by atoms with Gasteiger partial charge in [-0.1, -0.05) is 24.3 Å². The van der Waals surface area contributed by atoms with Gasteiger partial charge in [-0.05, 0) is 50.6 Å². The van der Waals surface area contributed by atoms with Crippen LogP contribution >= 0.6 is 0 Å². The Labute approximate surface area is 166 Å². The average Bonchev–Trinajstić information content (AvgIpc) is 2.96. The molecule has 0 radical (unpaired) electrons. The lowest BCUT2D eigenvalue weighted by Crippen LogP contribution is -2.15. The van der Waals surface area contributed by atoms with Gasteiger partial charge < -0.3 is 14.6 Å². The lowest BCUT2D eigenvalue weighted by atomic mass is 10.1. The highest BCUT2D eigenvalue weighted by molar-refractivity contribution is 6.06. The van der Waals surface area contributed by atoms with Crippen LogP contribution in [0.25, 0.3) is 5.69 Å². The van der Waals surface area contributed by atoms with Crippen molar-refractivity contribution >= 4 is 11.6 Å². The summed E-state index contributed by atoms with van der Waals surface area (Å²) in [5.41, 5.74) is 1.82. The third kappa shape index (κ3) is 3.85. The molecule has 1 N–H and O–H groups in total. The Kier molecular flexibility index (Phi) is 5.42. The second-order valence-electron chi connectivity index (χ2n) is 6.74. The van der Waals surface area contributed by atoms with Crippen molar-refractivity contribution in [2.24, 2.45) is 0 Å². The summed E-state index contributed by atoms with van der Waals surface area (Å²) in [4.78, 5) is 12.9. The van der Waals surface area contributed by atoms with E-state index >= 15 is 0 Å². The van der Waals surface area contributed by atoms with Crippen molar-refractivity contribution in [3.63, 3.8) is 0 Å². The van der Waals surface area contributed by atoms with Gasteiger partial charge in [-0.15, -0.1) is 0 Å². The number of amides is 1. The van der Waals surface area contributed by atoms with E-state index in [4.69, 9.17) is 4.74 Å². The molecule has 0 aliphatic carbocycles. The maximum absolute atomic E-state index is 13.5. The van der Waals surface area contributed by atoms with Crippen LogP contribution in [-0.4, -0.2) is 17.6 Å².